The van der Waals surface area contributed by atoms with Gasteiger partial charge >= 0.3 is 0 Å². The summed E-state index contributed by atoms with van der Waals surface area (Å²) in [7, 11) is -2.25. The van der Waals surface area contributed by atoms with Crippen LogP contribution < -0.4 is 0 Å². The van der Waals surface area contributed by atoms with Gasteiger partial charge in [0.15, 0.2) is 0 Å². The maximum absolute atomic E-state index is 14.3. The zero-order valence-electron chi connectivity index (χ0n) is 14.8. The average molecular weight is 394 g/mol. The van der Waals surface area contributed by atoms with E-state index in [-0.39, 0.29) is 18.7 Å². The third-order valence-electron chi connectivity index (χ3n) is 5.30. The lowest BCUT2D eigenvalue weighted by Crippen LogP contribution is -2.44. The largest absolute Gasteiger partial charge is 0.297 e. The maximum Gasteiger partial charge on any atom is 0.221 e. The highest BCUT2D eigenvalue weighted by molar-refractivity contribution is 7.89. The lowest BCUT2D eigenvalue weighted by Gasteiger charge is -2.32. The Morgan fingerprint density at radius 1 is 1.11 bits per heavy atom. The number of sulfonamides is 1. The summed E-state index contributed by atoms with van der Waals surface area (Å²) in [5.41, 5.74) is 2.09. The Morgan fingerprint density at radius 2 is 1.85 bits per heavy atom. The van der Waals surface area contributed by atoms with Crippen LogP contribution in [-0.4, -0.2) is 43.2 Å². The average Bonchev–Trinajstić information content (AvgIpc) is 3.05. The van der Waals surface area contributed by atoms with Gasteiger partial charge in [0.25, 0.3) is 0 Å². The third-order valence-corrected chi connectivity index (χ3v) is 7.49. The van der Waals surface area contributed by atoms with E-state index in [0.29, 0.717) is 13.0 Å². The number of hydroxylamine groups is 2. The molecule has 0 aromatic heterocycles. The van der Waals surface area contributed by atoms with Gasteiger partial charge in [-0.05, 0) is 35.7 Å². The van der Waals surface area contributed by atoms with E-state index >= 15 is 0 Å². The van der Waals surface area contributed by atoms with Gasteiger partial charge in [-0.15, -0.1) is 0 Å². The molecular weight excluding hydrogens is 374 g/mol. The van der Waals surface area contributed by atoms with Crippen LogP contribution in [0, 0.1) is 11.6 Å². The van der Waals surface area contributed by atoms with Crippen LogP contribution in [0.15, 0.2) is 42.5 Å². The summed E-state index contributed by atoms with van der Waals surface area (Å²) < 4.78 is 56.1. The van der Waals surface area contributed by atoms with Gasteiger partial charge in [0.05, 0.1) is 12.6 Å². The van der Waals surface area contributed by atoms with Crippen LogP contribution in [0.2, 0.25) is 0 Å². The molecule has 2 aliphatic rings. The maximum atomic E-state index is 14.3. The summed E-state index contributed by atoms with van der Waals surface area (Å²) in [5.74, 6) is -1.27. The van der Waals surface area contributed by atoms with Gasteiger partial charge in [0, 0.05) is 25.7 Å². The molecule has 2 atom stereocenters. The summed E-state index contributed by atoms with van der Waals surface area (Å²) in [6, 6.07) is 9.88. The normalized spacial score (nSPS) is 24.1. The Hall–Kier alpha value is -1.87. The van der Waals surface area contributed by atoms with Crippen molar-refractivity contribution < 1.29 is 22.0 Å². The lowest BCUT2D eigenvalue weighted by atomic mass is 10.0. The minimum absolute atomic E-state index is 0.0130. The molecule has 0 bridgehead atoms. The second-order valence-corrected chi connectivity index (χ2v) is 9.04. The number of hydrogen-bond donors (Lipinski definition) is 0. The molecule has 0 radical (unpaired) electrons. The molecule has 0 amide bonds. The second kappa shape index (κ2) is 6.94. The second-order valence-electron chi connectivity index (χ2n) is 6.89. The molecule has 4 rings (SSSR count). The van der Waals surface area contributed by atoms with Crippen LogP contribution in [0.1, 0.15) is 22.7 Å². The first-order chi connectivity index (χ1) is 12.9. The quantitative estimate of drug-likeness (QED) is 0.803. The highest BCUT2D eigenvalue weighted by Gasteiger charge is 2.47. The predicted molar refractivity (Wildman–Crippen MR) is 96.1 cm³/mol. The summed E-state index contributed by atoms with van der Waals surface area (Å²) in [5, 5.41) is 0.293. The Balaban J connectivity index is 1.68. The Morgan fingerprint density at radius 3 is 2.63 bits per heavy atom. The van der Waals surface area contributed by atoms with Gasteiger partial charge in [-0.25, -0.2) is 17.2 Å². The van der Waals surface area contributed by atoms with Crippen molar-refractivity contribution in [3.8, 4) is 0 Å². The fourth-order valence-electron chi connectivity index (χ4n) is 3.86. The van der Waals surface area contributed by atoms with E-state index in [1.54, 1.807) is 0 Å². The molecule has 0 spiro atoms. The molecule has 144 valence electrons. The van der Waals surface area contributed by atoms with Crippen LogP contribution in [0.4, 0.5) is 8.78 Å². The van der Waals surface area contributed by atoms with Crippen LogP contribution in [0.5, 0.6) is 0 Å². The summed E-state index contributed by atoms with van der Waals surface area (Å²) in [4.78, 5) is 5.41. The van der Waals surface area contributed by atoms with Gasteiger partial charge in [0.1, 0.15) is 16.9 Å². The molecule has 2 aromatic carbocycles. The molecule has 0 N–H and O–H groups in total. The topological polar surface area (TPSA) is 49.9 Å². The van der Waals surface area contributed by atoms with Crippen molar-refractivity contribution in [3.05, 3.63) is 70.8 Å². The molecule has 0 unspecified atom stereocenters. The van der Waals surface area contributed by atoms with Gasteiger partial charge < -0.3 is 0 Å². The molecule has 2 aliphatic heterocycles. The molecule has 1 saturated heterocycles. The fraction of sp³-hybridized carbons (Fsp3) is 0.368. The first-order valence-electron chi connectivity index (χ1n) is 8.74. The minimum Gasteiger partial charge on any atom is -0.297 e. The number of rotatable bonds is 3. The third kappa shape index (κ3) is 3.27. The number of hydrogen-bond acceptors (Lipinski definition) is 4. The highest BCUT2D eigenvalue weighted by Crippen LogP contribution is 2.37. The molecule has 0 aliphatic carbocycles. The molecule has 5 nitrogen and oxygen atoms in total. The molecule has 2 aromatic rings. The van der Waals surface area contributed by atoms with Crippen LogP contribution in [0.3, 0.4) is 0 Å². The summed E-state index contributed by atoms with van der Waals surface area (Å²) in [6.45, 7) is 0.534. The van der Waals surface area contributed by atoms with E-state index in [2.05, 4.69) is 0 Å². The number of fused-ring (bicyclic) bond motifs is 1. The monoisotopic (exact) mass is 394 g/mol. The summed E-state index contributed by atoms with van der Waals surface area (Å²) in [6.07, 6.45) is 0.623. The van der Waals surface area contributed by atoms with E-state index < -0.39 is 32.9 Å². The van der Waals surface area contributed by atoms with Crippen molar-refractivity contribution in [2.24, 2.45) is 0 Å². The van der Waals surface area contributed by atoms with Gasteiger partial charge in [-0.2, -0.15) is 9.37 Å². The van der Waals surface area contributed by atoms with Crippen LogP contribution >= 0.6 is 0 Å². The zero-order valence-corrected chi connectivity index (χ0v) is 15.6. The molecular formula is C19H20F2N2O3S. The van der Waals surface area contributed by atoms with Crippen LogP contribution in [0.25, 0.3) is 0 Å². The number of halogens is 2. The van der Waals surface area contributed by atoms with Crippen LogP contribution in [-0.2, 0) is 27.8 Å². The van der Waals surface area contributed by atoms with Crippen molar-refractivity contribution in [1.29, 1.82) is 0 Å². The first-order valence-corrected chi connectivity index (χ1v) is 10.2. The van der Waals surface area contributed by atoms with Crippen molar-refractivity contribution >= 4 is 10.0 Å². The van der Waals surface area contributed by atoms with Crippen molar-refractivity contribution in [2.45, 2.75) is 24.3 Å². The molecule has 2 heterocycles. The predicted octanol–water partition coefficient (Wildman–Crippen LogP) is 2.64. The minimum atomic E-state index is -3.79. The van der Waals surface area contributed by atoms with Crippen molar-refractivity contribution in [1.82, 2.24) is 9.37 Å². The van der Waals surface area contributed by atoms with E-state index in [1.807, 2.05) is 24.3 Å². The first kappa shape index (κ1) is 18.5. The van der Waals surface area contributed by atoms with Crippen molar-refractivity contribution in [3.63, 3.8) is 0 Å². The Kier molecular flexibility index (Phi) is 4.75. The lowest BCUT2D eigenvalue weighted by molar-refractivity contribution is -0.111. The molecule has 27 heavy (non-hydrogen) atoms. The number of benzene rings is 2. The van der Waals surface area contributed by atoms with Gasteiger partial charge in [-0.1, -0.05) is 24.3 Å². The number of nitrogens with zero attached hydrogens (tertiary/aromatic N) is 2. The van der Waals surface area contributed by atoms with E-state index in [4.69, 9.17) is 4.84 Å². The van der Waals surface area contributed by atoms with Gasteiger partial charge in [0.2, 0.25) is 10.0 Å². The summed E-state index contributed by atoms with van der Waals surface area (Å²) >= 11 is 0. The molecule has 8 heteroatoms. The molecule has 1 fully saturated rings. The Bertz CT molecular complexity index is 967. The van der Waals surface area contributed by atoms with Gasteiger partial charge in [-0.3, -0.25) is 4.84 Å². The van der Waals surface area contributed by atoms with E-state index in [9.17, 15) is 17.2 Å². The zero-order chi connectivity index (χ0) is 19.2. The van der Waals surface area contributed by atoms with Crippen molar-refractivity contribution in [2.75, 3.05) is 20.2 Å². The van der Waals surface area contributed by atoms with E-state index in [0.717, 1.165) is 29.3 Å². The SMILES string of the molecule is CN1OC[C@H](S(=O)(=O)N2CCc3ccccc3C2)[C@H]1c1cc(F)ccc1F. The smallest absolute Gasteiger partial charge is 0.221 e. The molecule has 0 saturated carbocycles. The Labute approximate surface area is 157 Å². The highest BCUT2D eigenvalue weighted by atomic mass is 32.2. The fourth-order valence-corrected chi connectivity index (χ4v) is 5.79. The standard InChI is InChI=1S/C19H20F2N2O3S/c1-22-19(16-10-15(20)6-7-17(16)21)18(12-26-22)27(24,25)23-9-8-13-4-2-3-5-14(13)11-23/h2-7,10,18-19H,8-9,11-12H2,1H3/t18-,19+/m0/s1. The van der Waals surface area contributed by atoms with E-state index in [1.165, 1.54) is 16.4 Å².